The molecule has 0 unspecified atom stereocenters. The average molecular weight is 412 g/mol. The van der Waals surface area contributed by atoms with Crippen molar-refractivity contribution in [3.63, 3.8) is 0 Å². The van der Waals surface area contributed by atoms with Crippen LogP contribution in [-0.4, -0.2) is 42.4 Å². The Balaban J connectivity index is 1.63. The first kappa shape index (κ1) is 20.5. The van der Waals surface area contributed by atoms with Crippen LogP contribution in [0, 0.1) is 0 Å². The summed E-state index contributed by atoms with van der Waals surface area (Å²) < 4.78 is 10.0. The van der Waals surface area contributed by atoms with Gasteiger partial charge < -0.3 is 14.8 Å². The molecule has 0 atom stereocenters. The molecule has 1 N–H and O–H groups in total. The molecule has 1 aliphatic rings. The van der Waals surface area contributed by atoms with E-state index < -0.39 is 5.97 Å². The Kier molecular flexibility index (Phi) is 6.56. The van der Waals surface area contributed by atoms with Crippen molar-refractivity contribution in [3.05, 3.63) is 64.6 Å². The normalized spacial score (nSPS) is 15.0. The van der Waals surface area contributed by atoms with E-state index in [1.165, 1.54) is 7.11 Å². The van der Waals surface area contributed by atoms with Gasteiger partial charge in [0.15, 0.2) is 0 Å². The number of amides is 2. The highest BCUT2D eigenvalue weighted by atomic mass is 32.2. The van der Waals surface area contributed by atoms with E-state index >= 15 is 0 Å². The monoisotopic (exact) mass is 412 g/mol. The first-order chi connectivity index (χ1) is 14.0. The molecule has 0 aliphatic carbocycles. The van der Waals surface area contributed by atoms with Crippen molar-refractivity contribution in [1.82, 2.24) is 4.90 Å². The van der Waals surface area contributed by atoms with Crippen molar-refractivity contribution in [2.75, 3.05) is 25.7 Å². The number of esters is 1. The number of benzene rings is 2. The van der Waals surface area contributed by atoms with Crippen LogP contribution in [0.2, 0.25) is 0 Å². The lowest BCUT2D eigenvalue weighted by molar-refractivity contribution is -0.122. The summed E-state index contributed by atoms with van der Waals surface area (Å²) in [6, 6.07) is 13.9. The van der Waals surface area contributed by atoms with Gasteiger partial charge in [0.1, 0.15) is 5.75 Å². The van der Waals surface area contributed by atoms with E-state index in [0.29, 0.717) is 22.8 Å². The highest BCUT2D eigenvalue weighted by Crippen LogP contribution is 2.32. The molecule has 0 radical (unpaired) electrons. The minimum atomic E-state index is -0.429. The van der Waals surface area contributed by atoms with Gasteiger partial charge in [-0.1, -0.05) is 12.1 Å². The molecule has 2 aromatic rings. The van der Waals surface area contributed by atoms with Crippen LogP contribution in [0.15, 0.2) is 53.4 Å². The minimum Gasteiger partial charge on any atom is -0.494 e. The van der Waals surface area contributed by atoms with E-state index in [4.69, 9.17) is 4.74 Å². The van der Waals surface area contributed by atoms with Gasteiger partial charge >= 0.3 is 5.97 Å². The second-order valence-corrected chi connectivity index (χ2v) is 7.01. The smallest absolute Gasteiger partial charge is 0.337 e. The number of carbonyl (C=O) groups excluding carboxylic acids is 3. The number of ether oxygens (including phenoxy) is 2. The van der Waals surface area contributed by atoms with Gasteiger partial charge in [-0.25, -0.2) is 4.79 Å². The predicted molar refractivity (Wildman–Crippen MR) is 112 cm³/mol. The molecule has 1 heterocycles. The molecule has 2 aromatic carbocycles. The number of hydrogen-bond acceptors (Lipinski definition) is 7. The van der Waals surface area contributed by atoms with Crippen LogP contribution < -0.4 is 10.1 Å². The number of rotatable bonds is 7. The van der Waals surface area contributed by atoms with Crippen molar-refractivity contribution in [2.45, 2.75) is 6.92 Å². The van der Waals surface area contributed by atoms with Gasteiger partial charge in [-0.2, -0.15) is 0 Å². The van der Waals surface area contributed by atoms with E-state index in [9.17, 15) is 14.4 Å². The number of nitrogens with one attached hydrogen (secondary N) is 1. The fourth-order valence-electron chi connectivity index (χ4n) is 2.63. The maximum absolute atomic E-state index is 12.6. The zero-order chi connectivity index (χ0) is 20.8. The van der Waals surface area contributed by atoms with Gasteiger partial charge in [0.25, 0.3) is 11.1 Å². The van der Waals surface area contributed by atoms with Crippen LogP contribution in [0.25, 0.3) is 6.08 Å². The third-order valence-corrected chi connectivity index (χ3v) is 5.02. The van der Waals surface area contributed by atoms with Crippen LogP contribution in [0.3, 0.4) is 0 Å². The summed E-state index contributed by atoms with van der Waals surface area (Å²) in [7, 11) is 1.31. The Hall–Kier alpha value is -3.26. The van der Waals surface area contributed by atoms with Crippen LogP contribution in [0.1, 0.15) is 22.8 Å². The maximum atomic E-state index is 12.6. The SMILES string of the molecule is CCOc1ccc(/C=C2/SC(=O)N(CNc3ccc(C(=O)OC)cc3)C2=O)cc1. The van der Waals surface area contributed by atoms with Crippen LogP contribution in [-0.2, 0) is 9.53 Å². The average Bonchev–Trinajstić information content (AvgIpc) is 3.00. The fourth-order valence-corrected chi connectivity index (χ4v) is 3.47. The van der Waals surface area contributed by atoms with E-state index in [-0.39, 0.29) is 17.8 Å². The summed E-state index contributed by atoms with van der Waals surface area (Å²) in [6.07, 6.45) is 1.69. The highest BCUT2D eigenvalue weighted by Gasteiger charge is 2.34. The summed E-state index contributed by atoms with van der Waals surface area (Å²) >= 11 is 0.902. The number of anilines is 1. The number of methoxy groups -OCH3 is 1. The Morgan fingerprint density at radius 1 is 1.10 bits per heavy atom. The quantitative estimate of drug-likeness (QED) is 0.544. The van der Waals surface area contributed by atoms with Gasteiger partial charge in [-0.05, 0) is 66.7 Å². The molecule has 29 heavy (non-hydrogen) atoms. The molecular formula is C21H20N2O5S. The van der Waals surface area contributed by atoms with Crippen molar-refractivity contribution in [3.8, 4) is 5.75 Å². The minimum absolute atomic E-state index is 0.0306. The largest absolute Gasteiger partial charge is 0.494 e. The summed E-state index contributed by atoms with van der Waals surface area (Å²) in [4.78, 5) is 37.8. The summed E-state index contributed by atoms with van der Waals surface area (Å²) in [5, 5.41) is 2.67. The van der Waals surface area contributed by atoms with Gasteiger partial charge in [-0.15, -0.1) is 0 Å². The van der Waals surface area contributed by atoms with E-state index in [1.54, 1.807) is 30.3 Å². The highest BCUT2D eigenvalue weighted by molar-refractivity contribution is 8.18. The second kappa shape index (κ2) is 9.29. The molecule has 0 spiro atoms. The zero-order valence-electron chi connectivity index (χ0n) is 16.0. The lowest BCUT2D eigenvalue weighted by Gasteiger charge is -2.14. The number of thioether (sulfide) groups is 1. The Morgan fingerprint density at radius 3 is 2.41 bits per heavy atom. The fraction of sp³-hybridized carbons (Fsp3) is 0.190. The number of carbonyl (C=O) groups is 3. The maximum Gasteiger partial charge on any atom is 0.337 e. The second-order valence-electron chi connectivity index (χ2n) is 6.02. The molecule has 8 heteroatoms. The van der Waals surface area contributed by atoms with E-state index in [1.807, 2.05) is 31.2 Å². The van der Waals surface area contributed by atoms with Gasteiger partial charge in [0.2, 0.25) is 0 Å². The Bertz CT molecular complexity index is 939. The number of nitrogens with zero attached hydrogens (tertiary/aromatic N) is 1. The van der Waals surface area contributed by atoms with E-state index in [0.717, 1.165) is 28.0 Å². The lowest BCUT2D eigenvalue weighted by Crippen LogP contribution is -2.33. The molecule has 0 bridgehead atoms. The van der Waals surface area contributed by atoms with Crippen LogP contribution in [0.4, 0.5) is 10.5 Å². The first-order valence-corrected chi connectivity index (χ1v) is 9.74. The van der Waals surface area contributed by atoms with Crippen molar-refractivity contribution >= 4 is 40.6 Å². The predicted octanol–water partition coefficient (Wildman–Crippen LogP) is 3.98. The van der Waals surface area contributed by atoms with Crippen molar-refractivity contribution in [2.24, 2.45) is 0 Å². The van der Waals surface area contributed by atoms with Gasteiger partial charge in [0.05, 0.1) is 30.9 Å². The van der Waals surface area contributed by atoms with Crippen LogP contribution >= 0.6 is 11.8 Å². The molecule has 1 fully saturated rings. The Morgan fingerprint density at radius 2 is 1.79 bits per heavy atom. The molecule has 7 nitrogen and oxygen atoms in total. The van der Waals surface area contributed by atoms with E-state index in [2.05, 4.69) is 10.1 Å². The molecular weight excluding hydrogens is 392 g/mol. The standard InChI is InChI=1S/C21H20N2O5S/c1-3-28-17-10-4-14(5-11-17)12-18-19(24)23(21(26)29-18)13-22-16-8-6-15(7-9-16)20(25)27-2/h4-12,22H,3,13H2,1-2H3/b18-12+. The number of imide groups is 1. The van der Waals surface area contributed by atoms with Crippen LogP contribution in [0.5, 0.6) is 5.75 Å². The summed E-state index contributed by atoms with van der Waals surface area (Å²) in [5.74, 6) is -0.0327. The molecule has 1 aliphatic heterocycles. The lowest BCUT2D eigenvalue weighted by atomic mass is 10.2. The Labute approximate surface area is 172 Å². The third kappa shape index (κ3) is 4.97. The topological polar surface area (TPSA) is 84.9 Å². The molecule has 1 saturated heterocycles. The molecule has 150 valence electrons. The summed E-state index contributed by atoms with van der Waals surface area (Å²) in [6.45, 7) is 2.52. The molecule has 3 rings (SSSR count). The number of hydrogen-bond donors (Lipinski definition) is 1. The third-order valence-electron chi connectivity index (χ3n) is 4.11. The zero-order valence-corrected chi connectivity index (χ0v) is 16.8. The molecule has 0 aromatic heterocycles. The van der Waals surface area contributed by atoms with Crippen molar-refractivity contribution in [1.29, 1.82) is 0 Å². The van der Waals surface area contributed by atoms with Gasteiger partial charge in [0, 0.05) is 5.69 Å². The molecule has 2 amide bonds. The molecule has 0 saturated carbocycles. The van der Waals surface area contributed by atoms with Gasteiger partial charge in [-0.3, -0.25) is 14.5 Å². The summed E-state index contributed by atoms with van der Waals surface area (Å²) in [5.41, 5.74) is 1.90. The van der Waals surface area contributed by atoms with Crippen molar-refractivity contribution < 1.29 is 23.9 Å². The first-order valence-electron chi connectivity index (χ1n) is 8.92.